The summed E-state index contributed by atoms with van der Waals surface area (Å²) >= 11 is 0. The lowest BCUT2D eigenvalue weighted by Crippen LogP contribution is -2.47. The van der Waals surface area contributed by atoms with E-state index < -0.39 is 11.4 Å². The summed E-state index contributed by atoms with van der Waals surface area (Å²) < 4.78 is 19.9. The number of aromatic hydroxyl groups is 1. The standard InChI is InChI=1S/C24H31FN2O3/c1-5-27(6-2)23(29)18-7-8-19(22(28)14-18)21-15-24(9-11-26-12-10-24)30-17(4)20(21)13-16(3)25/h7-8,13-14,21,26,28H,3-6,9-12,15H2,1-2H3/b20-13+. The first kappa shape index (κ1) is 22.1. The van der Waals surface area contributed by atoms with Crippen LogP contribution >= 0.6 is 0 Å². The maximum Gasteiger partial charge on any atom is 0.253 e. The number of nitrogens with one attached hydrogen (secondary N) is 1. The van der Waals surface area contributed by atoms with E-state index in [1.165, 1.54) is 12.1 Å². The van der Waals surface area contributed by atoms with Crippen LogP contribution in [0.1, 0.15) is 54.9 Å². The lowest BCUT2D eigenvalue weighted by Gasteiger charge is -2.46. The zero-order valence-electron chi connectivity index (χ0n) is 17.8. The topological polar surface area (TPSA) is 61.8 Å². The molecule has 1 aromatic carbocycles. The van der Waals surface area contributed by atoms with Crippen LogP contribution in [0.25, 0.3) is 0 Å². The number of hydrogen-bond acceptors (Lipinski definition) is 4. The van der Waals surface area contributed by atoms with Gasteiger partial charge in [0, 0.05) is 35.7 Å². The first-order valence-corrected chi connectivity index (χ1v) is 10.6. The molecule has 1 atom stereocenters. The summed E-state index contributed by atoms with van der Waals surface area (Å²) in [5.74, 6) is -0.578. The number of rotatable bonds is 5. The largest absolute Gasteiger partial charge is 0.508 e. The maximum atomic E-state index is 13.7. The van der Waals surface area contributed by atoms with Gasteiger partial charge in [0.05, 0.1) is 0 Å². The highest BCUT2D eigenvalue weighted by molar-refractivity contribution is 5.94. The number of piperidine rings is 1. The van der Waals surface area contributed by atoms with Crippen molar-refractivity contribution in [2.45, 2.75) is 44.6 Å². The predicted molar refractivity (Wildman–Crippen MR) is 116 cm³/mol. The minimum Gasteiger partial charge on any atom is -0.508 e. The van der Waals surface area contributed by atoms with Crippen LogP contribution in [-0.2, 0) is 4.74 Å². The Morgan fingerprint density at radius 1 is 1.37 bits per heavy atom. The van der Waals surface area contributed by atoms with E-state index >= 15 is 0 Å². The van der Waals surface area contributed by atoms with E-state index in [1.54, 1.807) is 17.0 Å². The molecular weight excluding hydrogens is 383 g/mol. The zero-order valence-corrected chi connectivity index (χ0v) is 17.8. The van der Waals surface area contributed by atoms with Gasteiger partial charge in [-0.15, -0.1) is 0 Å². The molecule has 30 heavy (non-hydrogen) atoms. The molecule has 1 amide bonds. The van der Waals surface area contributed by atoms with Crippen molar-refractivity contribution in [1.82, 2.24) is 10.2 Å². The van der Waals surface area contributed by atoms with Crippen molar-refractivity contribution in [3.8, 4) is 5.75 Å². The Morgan fingerprint density at radius 3 is 2.60 bits per heavy atom. The molecule has 2 N–H and O–H groups in total. The molecule has 0 aliphatic carbocycles. The lowest BCUT2D eigenvalue weighted by molar-refractivity contribution is -0.0449. The molecule has 2 heterocycles. The molecular formula is C24H31FN2O3. The highest BCUT2D eigenvalue weighted by atomic mass is 19.1. The second-order valence-electron chi connectivity index (χ2n) is 8.01. The first-order valence-electron chi connectivity index (χ1n) is 10.6. The molecule has 2 fully saturated rings. The average molecular weight is 415 g/mol. The second kappa shape index (κ2) is 9.04. The highest BCUT2D eigenvalue weighted by Gasteiger charge is 2.44. The molecule has 2 saturated heterocycles. The molecule has 2 aliphatic rings. The molecule has 1 aromatic rings. The summed E-state index contributed by atoms with van der Waals surface area (Å²) in [6.45, 7) is 14.1. The quantitative estimate of drug-likeness (QED) is 0.749. The van der Waals surface area contributed by atoms with Crippen LogP contribution in [0.3, 0.4) is 0 Å². The number of phenols is 1. The third-order valence-electron chi connectivity index (χ3n) is 6.14. The van der Waals surface area contributed by atoms with Crippen molar-refractivity contribution in [2.24, 2.45) is 0 Å². The van der Waals surface area contributed by atoms with Gasteiger partial charge in [0.1, 0.15) is 22.9 Å². The fraction of sp³-hybridized carbons (Fsp3) is 0.458. The smallest absolute Gasteiger partial charge is 0.253 e. The minimum atomic E-state index is -0.589. The Hall–Kier alpha value is -2.60. The van der Waals surface area contributed by atoms with Gasteiger partial charge in [-0.25, -0.2) is 4.39 Å². The van der Waals surface area contributed by atoms with Gasteiger partial charge in [-0.2, -0.15) is 0 Å². The molecule has 0 aromatic heterocycles. The van der Waals surface area contributed by atoms with Crippen LogP contribution in [0.4, 0.5) is 4.39 Å². The van der Waals surface area contributed by atoms with E-state index in [2.05, 4.69) is 18.5 Å². The van der Waals surface area contributed by atoms with Crippen molar-refractivity contribution in [3.63, 3.8) is 0 Å². The van der Waals surface area contributed by atoms with Gasteiger partial charge in [-0.3, -0.25) is 4.79 Å². The van der Waals surface area contributed by atoms with Crippen LogP contribution in [0.5, 0.6) is 5.75 Å². The number of ether oxygens (including phenoxy) is 1. The lowest BCUT2D eigenvalue weighted by atomic mass is 9.74. The van der Waals surface area contributed by atoms with Gasteiger partial charge in [0.2, 0.25) is 0 Å². The van der Waals surface area contributed by atoms with Crippen molar-refractivity contribution >= 4 is 5.91 Å². The number of halogens is 1. The van der Waals surface area contributed by atoms with Gasteiger partial charge in [-0.05, 0) is 64.4 Å². The van der Waals surface area contributed by atoms with Crippen LogP contribution in [0.2, 0.25) is 0 Å². The fourth-order valence-electron chi connectivity index (χ4n) is 4.52. The van der Waals surface area contributed by atoms with Gasteiger partial charge in [0.15, 0.2) is 0 Å². The Kier molecular flexibility index (Phi) is 6.66. The molecule has 0 bridgehead atoms. The number of carbonyl (C=O) groups excluding carboxylic acids is 1. The Morgan fingerprint density at radius 2 is 2.03 bits per heavy atom. The Balaban J connectivity index is 1.99. The predicted octanol–water partition coefficient (Wildman–Crippen LogP) is 4.42. The summed E-state index contributed by atoms with van der Waals surface area (Å²) in [7, 11) is 0. The third-order valence-corrected chi connectivity index (χ3v) is 6.14. The molecule has 162 valence electrons. The normalized spacial score (nSPS) is 22.0. The van der Waals surface area contributed by atoms with Crippen molar-refractivity contribution < 1.29 is 19.0 Å². The van der Waals surface area contributed by atoms with E-state index in [1.807, 2.05) is 13.8 Å². The van der Waals surface area contributed by atoms with E-state index in [-0.39, 0.29) is 17.6 Å². The Labute approximate surface area is 177 Å². The number of benzene rings is 1. The van der Waals surface area contributed by atoms with Crippen molar-refractivity contribution in [2.75, 3.05) is 26.2 Å². The third kappa shape index (κ3) is 4.43. The van der Waals surface area contributed by atoms with Gasteiger partial charge in [-0.1, -0.05) is 19.2 Å². The summed E-state index contributed by atoms with van der Waals surface area (Å²) in [4.78, 5) is 14.4. The van der Waals surface area contributed by atoms with Crippen LogP contribution < -0.4 is 5.32 Å². The van der Waals surface area contributed by atoms with Crippen LogP contribution in [0, 0.1) is 0 Å². The fourth-order valence-corrected chi connectivity index (χ4v) is 4.52. The highest BCUT2D eigenvalue weighted by Crippen LogP contribution is 2.49. The van der Waals surface area contributed by atoms with Gasteiger partial charge < -0.3 is 20.1 Å². The molecule has 0 radical (unpaired) electrons. The van der Waals surface area contributed by atoms with Crippen molar-refractivity contribution in [1.29, 1.82) is 0 Å². The number of phenolic OH excluding ortho intramolecular Hbond substituents is 1. The average Bonchev–Trinajstić information content (AvgIpc) is 2.71. The first-order chi connectivity index (χ1) is 14.3. The summed E-state index contributed by atoms with van der Waals surface area (Å²) in [6.07, 6.45) is 3.55. The number of allylic oxidation sites excluding steroid dienone is 3. The minimum absolute atomic E-state index is 0.0205. The van der Waals surface area contributed by atoms with Crippen molar-refractivity contribution in [3.05, 3.63) is 65.7 Å². The van der Waals surface area contributed by atoms with Crippen LogP contribution in [-0.4, -0.2) is 47.7 Å². The number of amides is 1. The molecule has 0 saturated carbocycles. The van der Waals surface area contributed by atoms with E-state index in [4.69, 9.17) is 4.74 Å². The zero-order chi connectivity index (χ0) is 21.9. The van der Waals surface area contributed by atoms with Gasteiger partial charge >= 0.3 is 0 Å². The molecule has 1 spiro atoms. The summed E-state index contributed by atoms with van der Waals surface area (Å²) in [5, 5.41) is 14.2. The second-order valence-corrected chi connectivity index (χ2v) is 8.01. The van der Waals surface area contributed by atoms with Gasteiger partial charge in [0.25, 0.3) is 5.91 Å². The summed E-state index contributed by atoms with van der Waals surface area (Å²) in [5.41, 5.74) is 1.25. The molecule has 5 nitrogen and oxygen atoms in total. The van der Waals surface area contributed by atoms with E-state index in [9.17, 15) is 14.3 Å². The summed E-state index contributed by atoms with van der Waals surface area (Å²) in [6, 6.07) is 5.00. The van der Waals surface area contributed by atoms with E-state index in [0.29, 0.717) is 42.0 Å². The molecule has 2 aliphatic heterocycles. The number of nitrogens with zero attached hydrogens (tertiary/aromatic N) is 1. The number of carbonyl (C=O) groups is 1. The monoisotopic (exact) mass is 414 g/mol. The van der Waals surface area contributed by atoms with Crippen LogP contribution in [0.15, 0.2) is 54.6 Å². The van der Waals surface area contributed by atoms with E-state index in [0.717, 1.165) is 25.9 Å². The Bertz CT molecular complexity index is 867. The maximum absolute atomic E-state index is 13.7. The molecule has 1 unspecified atom stereocenters. The SMILES string of the molecule is C=C(F)/C=C1\C(=C)OC2(CCNCC2)CC1c1ccc(C(=O)N(CC)CC)cc1O. The molecule has 6 heteroatoms. The molecule has 3 rings (SSSR count). The number of hydrogen-bond donors (Lipinski definition) is 2.